The second-order valence-electron chi connectivity index (χ2n) is 6.99. The summed E-state index contributed by atoms with van der Waals surface area (Å²) in [6.45, 7) is 5.12. The van der Waals surface area contributed by atoms with Crippen LogP contribution in [-0.4, -0.2) is 51.0 Å². The highest BCUT2D eigenvalue weighted by atomic mass is 32.2. The largest absolute Gasteiger partial charge is 0.469 e. The van der Waals surface area contributed by atoms with Gasteiger partial charge in [-0.25, -0.2) is 8.42 Å². The molecule has 152 valence electrons. The van der Waals surface area contributed by atoms with Crippen LogP contribution < -0.4 is 5.32 Å². The lowest BCUT2D eigenvalue weighted by Gasteiger charge is -2.26. The number of rotatable bonds is 7. The zero-order chi connectivity index (χ0) is 20.1. The molecular formula is C20H26N2O5S. The van der Waals surface area contributed by atoms with E-state index in [9.17, 15) is 13.2 Å². The van der Waals surface area contributed by atoms with E-state index in [4.69, 9.17) is 9.15 Å². The summed E-state index contributed by atoms with van der Waals surface area (Å²) in [5.41, 5.74) is 1.11. The van der Waals surface area contributed by atoms with Gasteiger partial charge in [0.1, 0.15) is 5.76 Å². The zero-order valence-corrected chi connectivity index (χ0v) is 17.0. The Bertz CT molecular complexity index is 903. The zero-order valence-electron chi connectivity index (χ0n) is 16.2. The predicted molar refractivity (Wildman–Crippen MR) is 105 cm³/mol. The molecule has 0 aliphatic carbocycles. The minimum absolute atomic E-state index is 0.0727. The maximum absolute atomic E-state index is 12.9. The van der Waals surface area contributed by atoms with Gasteiger partial charge >= 0.3 is 0 Å². The minimum Gasteiger partial charge on any atom is -0.469 e. The number of hydrogen-bond acceptors (Lipinski definition) is 5. The van der Waals surface area contributed by atoms with Crippen LogP contribution in [0, 0.1) is 6.92 Å². The third kappa shape index (κ3) is 4.81. The van der Waals surface area contributed by atoms with E-state index in [0.717, 1.165) is 24.2 Å². The number of amides is 1. The van der Waals surface area contributed by atoms with E-state index in [1.54, 1.807) is 25.3 Å². The van der Waals surface area contributed by atoms with Gasteiger partial charge in [-0.05, 0) is 50.1 Å². The summed E-state index contributed by atoms with van der Waals surface area (Å²) in [5, 5.41) is 2.95. The average molecular weight is 407 g/mol. The van der Waals surface area contributed by atoms with Crippen LogP contribution in [0.5, 0.6) is 0 Å². The summed E-state index contributed by atoms with van der Waals surface area (Å²) in [7, 11) is -3.64. The van der Waals surface area contributed by atoms with Crippen molar-refractivity contribution in [2.75, 3.05) is 26.3 Å². The number of nitrogens with zero attached hydrogens (tertiary/aromatic N) is 1. The van der Waals surface area contributed by atoms with E-state index in [1.807, 2.05) is 19.1 Å². The quantitative estimate of drug-likeness (QED) is 0.763. The molecule has 1 saturated heterocycles. The number of aryl methyl sites for hydroxylation is 2. The highest BCUT2D eigenvalue weighted by Crippen LogP contribution is 2.21. The van der Waals surface area contributed by atoms with Gasteiger partial charge < -0.3 is 14.5 Å². The van der Waals surface area contributed by atoms with Gasteiger partial charge in [-0.15, -0.1) is 0 Å². The molecule has 1 amide bonds. The third-order valence-electron chi connectivity index (χ3n) is 4.84. The normalized spacial score (nSPS) is 16.6. The Balaban J connectivity index is 1.70. The smallest absolute Gasteiger partial charge is 0.251 e. The Kier molecular flexibility index (Phi) is 6.53. The maximum atomic E-state index is 12.9. The molecule has 0 unspecified atom stereocenters. The highest BCUT2D eigenvalue weighted by molar-refractivity contribution is 7.89. The molecule has 1 fully saturated rings. The first-order valence-electron chi connectivity index (χ1n) is 9.39. The topological polar surface area (TPSA) is 88.8 Å². The summed E-state index contributed by atoms with van der Waals surface area (Å²) < 4.78 is 37.7. The van der Waals surface area contributed by atoms with Crippen LogP contribution in [0.4, 0.5) is 0 Å². The molecule has 7 nitrogen and oxygen atoms in total. The number of benzene rings is 1. The van der Waals surface area contributed by atoms with Crippen LogP contribution in [-0.2, 0) is 21.2 Å². The number of nitrogens with one attached hydrogen (secondary N) is 1. The summed E-state index contributed by atoms with van der Waals surface area (Å²) >= 11 is 0. The van der Waals surface area contributed by atoms with Gasteiger partial charge in [0.2, 0.25) is 10.0 Å². The van der Waals surface area contributed by atoms with Crippen LogP contribution in [0.15, 0.2) is 45.9 Å². The number of hydrogen-bond donors (Lipinski definition) is 1. The van der Waals surface area contributed by atoms with Crippen LogP contribution >= 0.6 is 0 Å². The van der Waals surface area contributed by atoms with Gasteiger partial charge in [-0.1, -0.05) is 6.07 Å². The van der Waals surface area contributed by atoms with Crippen molar-refractivity contribution in [3.8, 4) is 0 Å². The summed E-state index contributed by atoms with van der Waals surface area (Å²) in [5.74, 6) is 0.597. The average Bonchev–Trinajstić information content (AvgIpc) is 3.21. The Labute approximate surface area is 165 Å². The molecule has 1 atom stereocenters. The van der Waals surface area contributed by atoms with Gasteiger partial charge in [0.05, 0.1) is 24.4 Å². The fourth-order valence-corrected chi connectivity index (χ4v) is 4.56. The van der Waals surface area contributed by atoms with Gasteiger partial charge in [-0.2, -0.15) is 4.31 Å². The number of ether oxygens (including phenoxy) is 1. The lowest BCUT2D eigenvalue weighted by Crippen LogP contribution is -2.40. The number of carbonyl (C=O) groups excluding carboxylic acids is 1. The van der Waals surface area contributed by atoms with E-state index in [1.165, 1.54) is 10.4 Å². The molecule has 2 heterocycles. The lowest BCUT2D eigenvalue weighted by atomic mass is 10.1. The Hall–Kier alpha value is -2.16. The minimum atomic E-state index is -3.64. The van der Waals surface area contributed by atoms with Crippen molar-refractivity contribution in [3.63, 3.8) is 0 Å². The molecule has 2 aromatic rings. The fourth-order valence-electron chi connectivity index (χ4n) is 3.13. The van der Waals surface area contributed by atoms with Crippen molar-refractivity contribution in [1.29, 1.82) is 0 Å². The molecule has 0 radical (unpaired) electrons. The highest BCUT2D eigenvalue weighted by Gasteiger charge is 2.27. The van der Waals surface area contributed by atoms with Crippen LogP contribution in [0.25, 0.3) is 0 Å². The monoisotopic (exact) mass is 406 g/mol. The van der Waals surface area contributed by atoms with Gasteiger partial charge in [0.15, 0.2) is 0 Å². The molecule has 1 aliphatic rings. The first-order chi connectivity index (χ1) is 13.4. The number of carbonyl (C=O) groups is 1. The van der Waals surface area contributed by atoms with Crippen molar-refractivity contribution in [2.45, 2.75) is 37.6 Å². The third-order valence-corrected chi connectivity index (χ3v) is 6.74. The molecule has 0 spiro atoms. The van der Waals surface area contributed by atoms with E-state index in [2.05, 4.69) is 5.32 Å². The molecule has 1 aromatic heterocycles. The first kappa shape index (κ1) is 20.6. The van der Waals surface area contributed by atoms with Gasteiger partial charge in [-0.3, -0.25) is 4.79 Å². The van der Waals surface area contributed by atoms with Crippen LogP contribution in [0.1, 0.15) is 35.0 Å². The Morgan fingerprint density at radius 2 is 2.00 bits per heavy atom. The molecule has 1 aromatic carbocycles. The molecule has 28 heavy (non-hydrogen) atoms. The maximum Gasteiger partial charge on any atom is 0.251 e. The summed E-state index contributed by atoms with van der Waals surface area (Å²) in [4.78, 5) is 12.9. The number of sulfonamides is 1. The first-order valence-corrected chi connectivity index (χ1v) is 10.8. The predicted octanol–water partition coefficient (Wildman–Crippen LogP) is 2.36. The van der Waals surface area contributed by atoms with E-state index in [0.29, 0.717) is 31.9 Å². The molecular weight excluding hydrogens is 380 g/mol. The van der Waals surface area contributed by atoms with Crippen molar-refractivity contribution in [3.05, 3.63) is 53.5 Å². The van der Waals surface area contributed by atoms with Crippen molar-refractivity contribution >= 4 is 15.9 Å². The standard InChI is InChI=1S/C20H26N2O5S/c1-15-5-8-18(28(24,25)22-9-12-26-13-10-22)14-19(15)20(23)21-16(2)6-7-17-4-3-11-27-17/h3-5,8,11,14,16H,6-7,9-10,12-13H2,1-2H3,(H,21,23)/t16-/m0/s1. The Morgan fingerprint density at radius 3 is 2.68 bits per heavy atom. The number of morpholine rings is 1. The number of furan rings is 1. The second kappa shape index (κ2) is 8.89. The van der Waals surface area contributed by atoms with E-state index < -0.39 is 10.0 Å². The molecule has 0 bridgehead atoms. The second-order valence-corrected chi connectivity index (χ2v) is 8.92. The van der Waals surface area contributed by atoms with Crippen LogP contribution in [0.3, 0.4) is 0 Å². The lowest BCUT2D eigenvalue weighted by molar-refractivity contribution is 0.0730. The van der Waals surface area contributed by atoms with Crippen LogP contribution in [0.2, 0.25) is 0 Å². The summed E-state index contributed by atoms with van der Waals surface area (Å²) in [6.07, 6.45) is 3.07. The molecule has 0 saturated carbocycles. The van der Waals surface area contributed by atoms with Crippen molar-refractivity contribution < 1.29 is 22.4 Å². The van der Waals surface area contributed by atoms with Crippen molar-refractivity contribution in [2.24, 2.45) is 0 Å². The van der Waals surface area contributed by atoms with E-state index in [-0.39, 0.29) is 16.8 Å². The molecule has 3 rings (SSSR count). The van der Waals surface area contributed by atoms with Gasteiger partial charge in [0, 0.05) is 31.1 Å². The summed E-state index contributed by atoms with van der Waals surface area (Å²) in [6, 6.07) is 8.36. The fraction of sp³-hybridized carbons (Fsp3) is 0.450. The molecule has 1 N–H and O–H groups in total. The SMILES string of the molecule is Cc1ccc(S(=O)(=O)N2CCOCC2)cc1C(=O)N[C@@H](C)CCc1ccco1. The van der Waals surface area contributed by atoms with Gasteiger partial charge in [0.25, 0.3) is 5.91 Å². The molecule has 8 heteroatoms. The molecule has 1 aliphatic heterocycles. The van der Waals surface area contributed by atoms with Crippen molar-refractivity contribution in [1.82, 2.24) is 9.62 Å². The van der Waals surface area contributed by atoms with E-state index >= 15 is 0 Å². The Morgan fingerprint density at radius 1 is 1.25 bits per heavy atom.